The third-order valence-electron chi connectivity index (χ3n) is 7.64. The summed E-state index contributed by atoms with van der Waals surface area (Å²) in [4.78, 5) is 29.7. The third kappa shape index (κ3) is 8.27. The topological polar surface area (TPSA) is 86.8 Å². The van der Waals surface area contributed by atoms with E-state index in [9.17, 15) is 18.0 Å². The summed E-state index contributed by atoms with van der Waals surface area (Å²) >= 11 is 12.7. The van der Waals surface area contributed by atoms with Gasteiger partial charge in [-0.15, -0.1) is 0 Å². The van der Waals surface area contributed by atoms with Gasteiger partial charge in [0, 0.05) is 29.1 Å². The van der Waals surface area contributed by atoms with Crippen LogP contribution in [-0.4, -0.2) is 50.0 Å². The van der Waals surface area contributed by atoms with Crippen LogP contribution >= 0.6 is 23.2 Å². The van der Waals surface area contributed by atoms with E-state index in [-0.39, 0.29) is 24.9 Å². The number of carbonyl (C=O) groups excluding carboxylic acids is 2. The van der Waals surface area contributed by atoms with Crippen molar-refractivity contribution >= 4 is 50.7 Å². The summed E-state index contributed by atoms with van der Waals surface area (Å²) < 4.78 is 27.3. The Morgan fingerprint density at radius 2 is 1.67 bits per heavy atom. The van der Waals surface area contributed by atoms with Crippen molar-refractivity contribution in [2.75, 3.05) is 17.1 Å². The highest BCUT2D eigenvalue weighted by Gasteiger charge is 2.34. The number of halogens is 2. The Kier molecular flexibility index (Phi) is 10.6. The molecule has 3 aromatic carbocycles. The number of sulfonamides is 1. The van der Waals surface area contributed by atoms with Crippen LogP contribution in [0.25, 0.3) is 0 Å². The lowest BCUT2D eigenvalue weighted by Crippen LogP contribution is -2.54. The van der Waals surface area contributed by atoms with E-state index in [2.05, 4.69) is 5.32 Å². The molecule has 1 N–H and O–H groups in total. The molecule has 224 valence electrons. The zero-order valence-corrected chi connectivity index (χ0v) is 26.5. The van der Waals surface area contributed by atoms with Gasteiger partial charge in [0.1, 0.15) is 12.6 Å². The van der Waals surface area contributed by atoms with Gasteiger partial charge in [-0.25, -0.2) is 8.42 Å². The number of hydrogen-bond acceptors (Lipinski definition) is 4. The Morgan fingerprint density at radius 1 is 0.976 bits per heavy atom. The van der Waals surface area contributed by atoms with Crippen LogP contribution in [0.15, 0.2) is 66.7 Å². The van der Waals surface area contributed by atoms with Crippen LogP contribution in [0.3, 0.4) is 0 Å². The van der Waals surface area contributed by atoms with E-state index >= 15 is 0 Å². The standard InChI is InChI=1S/C32H37Cl2N3O4S/c1-22-13-14-23(2)29(17-22)37(42(3,40)41)21-31(38)36(20-25-15-16-26(33)19-28(25)34)30(18-24-9-5-4-6-10-24)32(39)35-27-11-7-8-12-27/h4-6,9-10,13-17,19,27,30H,7-8,11-12,18,20-21H2,1-3H3,(H,35,39)/t30-/m0/s1. The summed E-state index contributed by atoms with van der Waals surface area (Å²) in [5.74, 6) is -0.795. The first kappa shape index (κ1) is 31.9. The van der Waals surface area contributed by atoms with Crippen molar-refractivity contribution in [3.8, 4) is 0 Å². The molecule has 1 aliphatic rings. The summed E-state index contributed by atoms with van der Waals surface area (Å²) in [5, 5.41) is 3.95. The number of rotatable bonds is 11. The van der Waals surface area contributed by atoms with Crippen LogP contribution in [0, 0.1) is 13.8 Å². The van der Waals surface area contributed by atoms with Crippen molar-refractivity contribution in [3.05, 3.63) is 99.0 Å². The van der Waals surface area contributed by atoms with Gasteiger partial charge in [0.2, 0.25) is 21.8 Å². The van der Waals surface area contributed by atoms with Gasteiger partial charge in [-0.1, -0.05) is 84.6 Å². The summed E-state index contributed by atoms with van der Waals surface area (Å²) in [5.41, 5.74) is 3.47. The van der Waals surface area contributed by atoms with Crippen molar-refractivity contribution in [3.63, 3.8) is 0 Å². The molecule has 0 heterocycles. The maximum absolute atomic E-state index is 14.3. The highest BCUT2D eigenvalue weighted by atomic mass is 35.5. The minimum atomic E-state index is -3.85. The molecule has 2 amide bonds. The average molecular weight is 631 g/mol. The number of nitrogens with one attached hydrogen (secondary N) is 1. The monoisotopic (exact) mass is 629 g/mol. The zero-order valence-electron chi connectivity index (χ0n) is 24.1. The molecule has 0 bridgehead atoms. The van der Waals surface area contributed by atoms with Crippen molar-refractivity contribution < 1.29 is 18.0 Å². The van der Waals surface area contributed by atoms with Crippen LogP contribution in [0.1, 0.15) is 47.9 Å². The van der Waals surface area contributed by atoms with Crippen molar-refractivity contribution in [2.45, 2.75) is 64.6 Å². The molecule has 1 saturated carbocycles. The second kappa shape index (κ2) is 13.9. The SMILES string of the molecule is Cc1ccc(C)c(N(CC(=O)N(Cc2ccc(Cl)cc2Cl)[C@@H](Cc2ccccc2)C(=O)NC2CCCC2)S(C)(=O)=O)c1. The van der Waals surface area contributed by atoms with Gasteiger partial charge in [0.25, 0.3) is 0 Å². The number of benzene rings is 3. The van der Waals surface area contributed by atoms with Gasteiger partial charge in [-0.3, -0.25) is 13.9 Å². The molecule has 4 rings (SSSR count). The Balaban J connectivity index is 1.77. The zero-order chi connectivity index (χ0) is 30.4. The lowest BCUT2D eigenvalue weighted by atomic mass is 10.0. The molecule has 0 saturated heterocycles. The minimum absolute atomic E-state index is 0.00513. The van der Waals surface area contributed by atoms with E-state index < -0.39 is 28.5 Å². The number of aryl methyl sites for hydroxylation is 2. The van der Waals surface area contributed by atoms with E-state index in [0.717, 1.165) is 47.4 Å². The molecule has 1 atom stereocenters. The van der Waals surface area contributed by atoms with Crippen LogP contribution < -0.4 is 9.62 Å². The molecule has 0 aliphatic heterocycles. The molecule has 3 aromatic rings. The van der Waals surface area contributed by atoms with E-state index in [4.69, 9.17) is 23.2 Å². The van der Waals surface area contributed by atoms with Crippen molar-refractivity contribution in [1.82, 2.24) is 10.2 Å². The second-order valence-corrected chi connectivity index (χ2v) is 13.8. The molecule has 1 fully saturated rings. The van der Waals surface area contributed by atoms with Crippen LogP contribution in [0.5, 0.6) is 0 Å². The predicted molar refractivity (Wildman–Crippen MR) is 169 cm³/mol. The first-order chi connectivity index (χ1) is 19.9. The van der Waals surface area contributed by atoms with Gasteiger partial charge in [-0.05, 0) is 67.1 Å². The largest absolute Gasteiger partial charge is 0.352 e. The Labute approximate surface area is 258 Å². The van der Waals surface area contributed by atoms with E-state index in [1.807, 2.05) is 49.4 Å². The normalized spacial score (nSPS) is 14.4. The van der Waals surface area contributed by atoms with Crippen LogP contribution in [-0.2, 0) is 32.6 Å². The van der Waals surface area contributed by atoms with Crippen LogP contribution in [0.4, 0.5) is 5.69 Å². The number of nitrogens with zero attached hydrogens (tertiary/aromatic N) is 2. The molecule has 7 nitrogen and oxygen atoms in total. The van der Waals surface area contributed by atoms with Gasteiger partial charge < -0.3 is 10.2 Å². The molecule has 0 unspecified atom stereocenters. The predicted octanol–water partition coefficient (Wildman–Crippen LogP) is 6.08. The van der Waals surface area contributed by atoms with E-state index in [0.29, 0.717) is 26.9 Å². The lowest BCUT2D eigenvalue weighted by Gasteiger charge is -2.34. The Morgan fingerprint density at radius 3 is 2.31 bits per heavy atom. The van der Waals surface area contributed by atoms with Gasteiger partial charge >= 0.3 is 0 Å². The second-order valence-electron chi connectivity index (χ2n) is 11.0. The van der Waals surface area contributed by atoms with E-state index in [1.165, 1.54) is 4.90 Å². The average Bonchev–Trinajstić information content (AvgIpc) is 3.44. The molecular weight excluding hydrogens is 593 g/mol. The van der Waals surface area contributed by atoms with Crippen LogP contribution in [0.2, 0.25) is 10.0 Å². The molecule has 10 heteroatoms. The summed E-state index contributed by atoms with van der Waals surface area (Å²) in [6.45, 7) is 3.18. The third-order valence-corrected chi connectivity index (χ3v) is 9.35. The van der Waals surface area contributed by atoms with Crippen molar-refractivity contribution in [1.29, 1.82) is 0 Å². The Bertz CT molecular complexity index is 1530. The fraction of sp³-hybridized carbons (Fsp3) is 0.375. The van der Waals surface area contributed by atoms with Gasteiger partial charge in [-0.2, -0.15) is 0 Å². The lowest BCUT2D eigenvalue weighted by molar-refractivity contribution is -0.140. The fourth-order valence-electron chi connectivity index (χ4n) is 5.34. The maximum Gasteiger partial charge on any atom is 0.244 e. The van der Waals surface area contributed by atoms with Gasteiger partial charge in [0.15, 0.2) is 0 Å². The highest BCUT2D eigenvalue weighted by Crippen LogP contribution is 2.27. The van der Waals surface area contributed by atoms with Crippen molar-refractivity contribution in [2.24, 2.45) is 0 Å². The maximum atomic E-state index is 14.3. The number of amides is 2. The van der Waals surface area contributed by atoms with Gasteiger partial charge in [0.05, 0.1) is 11.9 Å². The number of hydrogen-bond donors (Lipinski definition) is 1. The summed E-state index contributed by atoms with van der Waals surface area (Å²) in [6.07, 6.45) is 5.17. The molecule has 1 aliphatic carbocycles. The Hall–Kier alpha value is -3.07. The molecule has 0 spiro atoms. The number of carbonyl (C=O) groups is 2. The molecule has 0 radical (unpaired) electrons. The smallest absolute Gasteiger partial charge is 0.244 e. The highest BCUT2D eigenvalue weighted by molar-refractivity contribution is 7.92. The summed E-state index contributed by atoms with van der Waals surface area (Å²) in [6, 6.07) is 19.1. The molecule has 0 aromatic heterocycles. The molecule has 42 heavy (non-hydrogen) atoms. The summed E-state index contributed by atoms with van der Waals surface area (Å²) in [7, 11) is -3.85. The molecular formula is C32H37Cl2N3O4S. The van der Waals surface area contributed by atoms with E-state index in [1.54, 1.807) is 31.2 Å². The number of anilines is 1. The first-order valence-corrected chi connectivity index (χ1v) is 16.7. The quantitative estimate of drug-likeness (QED) is 0.279. The fourth-order valence-corrected chi connectivity index (χ4v) is 6.70. The minimum Gasteiger partial charge on any atom is -0.352 e. The first-order valence-electron chi connectivity index (χ1n) is 14.0.